The van der Waals surface area contributed by atoms with Crippen molar-refractivity contribution in [2.75, 3.05) is 24.2 Å². The number of anilines is 1. The molecule has 1 aliphatic rings. The highest BCUT2D eigenvalue weighted by Gasteiger charge is 2.21. The highest BCUT2D eigenvalue weighted by atomic mass is 32.2. The Hall–Kier alpha value is -2.28. The number of benzene rings is 1. The SMILES string of the molecule is Cc1noc(C)c1CSCC(=O)Nc1ccccc1C(=O)N1CCCCC1. The van der Waals surface area contributed by atoms with Gasteiger partial charge in [-0.2, -0.15) is 0 Å². The molecule has 0 radical (unpaired) electrons. The maximum atomic E-state index is 12.8. The lowest BCUT2D eigenvalue weighted by Gasteiger charge is -2.27. The first-order chi connectivity index (χ1) is 13.1. The third kappa shape index (κ3) is 4.91. The molecular weight excluding hydrogens is 362 g/mol. The molecule has 0 aliphatic carbocycles. The topological polar surface area (TPSA) is 75.4 Å². The summed E-state index contributed by atoms with van der Waals surface area (Å²) in [4.78, 5) is 27.0. The molecule has 1 aromatic carbocycles. The van der Waals surface area contributed by atoms with Crippen molar-refractivity contribution in [1.82, 2.24) is 10.1 Å². The van der Waals surface area contributed by atoms with Gasteiger partial charge in [-0.3, -0.25) is 9.59 Å². The van der Waals surface area contributed by atoms with Crippen molar-refractivity contribution >= 4 is 29.3 Å². The smallest absolute Gasteiger partial charge is 0.255 e. The molecule has 0 atom stereocenters. The van der Waals surface area contributed by atoms with Gasteiger partial charge in [-0.1, -0.05) is 17.3 Å². The van der Waals surface area contributed by atoms with Crippen LogP contribution in [0.3, 0.4) is 0 Å². The lowest BCUT2D eigenvalue weighted by atomic mass is 10.1. The van der Waals surface area contributed by atoms with Crippen LogP contribution in [0.1, 0.15) is 46.6 Å². The Morgan fingerprint density at radius 3 is 2.63 bits per heavy atom. The summed E-state index contributed by atoms with van der Waals surface area (Å²) in [7, 11) is 0. The molecule has 0 spiro atoms. The van der Waals surface area contributed by atoms with Crippen molar-refractivity contribution in [2.45, 2.75) is 38.9 Å². The Morgan fingerprint density at radius 2 is 1.93 bits per heavy atom. The Kier molecular flexibility index (Phi) is 6.55. The van der Waals surface area contributed by atoms with Crippen LogP contribution < -0.4 is 5.32 Å². The van der Waals surface area contributed by atoms with Gasteiger partial charge >= 0.3 is 0 Å². The number of carbonyl (C=O) groups excluding carboxylic acids is 2. The van der Waals surface area contributed by atoms with E-state index in [9.17, 15) is 9.59 Å². The molecule has 6 nitrogen and oxygen atoms in total. The number of hydrogen-bond donors (Lipinski definition) is 1. The molecule has 1 aromatic heterocycles. The predicted molar refractivity (Wildman–Crippen MR) is 107 cm³/mol. The summed E-state index contributed by atoms with van der Waals surface area (Å²) in [6, 6.07) is 7.23. The fourth-order valence-electron chi connectivity index (χ4n) is 3.19. The Labute approximate surface area is 163 Å². The van der Waals surface area contributed by atoms with Crippen LogP contribution >= 0.6 is 11.8 Å². The number of carbonyl (C=O) groups is 2. The number of likely N-dealkylation sites (tertiary alicyclic amines) is 1. The van der Waals surface area contributed by atoms with Gasteiger partial charge in [-0.15, -0.1) is 11.8 Å². The highest BCUT2D eigenvalue weighted by molar-refractivity contribution is 7.99. The largest absolute Gasteiger partial charge is 0.361 e. The molecule has 2 aromatic rings. The fourth-order valence-corrected chi connectivity index (χ4v) is 4.16. The van der Waals surface area contributed by atoms with E-state index in [0.717, 1.165) is 42.9 Å². The minimum absolute atomic E-state index is 0.00558. The van der Waals surface area contributed by atoms with Crippen LogP contribution in [0.5, 0.6) is 0 Å². The molecule has 1 fully saturated rings. The summed E-state index contributed by atoms with van der Waals surface area (Å²) in [5.74, 6) is 1.64. The van der Waals surface area contributed by atoms with Crippen LogP contribution in [0.2, 0.25) is 0 Å². The standard InChI is InChI=1S/C20H25N3O3S/c1-14-17(15(2)26-22-14)12-27-13-19(24)21-18-9-5-4-8-16(18)20(25)23-10-6-3-7-11-23/h4-5,8-9H,3,6-7,10-13H2,1-2H3,(H,21,24). The molecule has 7 heteroatoms. The van der Waals surface area contributed by atoms with E-state index in [1.165, 1.54) is 18.2 Å². The molecule has 3 rings (SSSR count). The van der Waals surface area contributed by atoms with Crippen molar-refractivity contribution < 1.29 is 14.1 Å². The van der Waals surface area contributed by atoms with Gasteiger partial charge in [0.05, 0.1) is 22.7 Å². The Morgan fingerprint density at radius 1 is 1.19 bits per heavy atom. The second kappa shape index (κ2) is 9.08. The van der Waals surface area contributed by atoms with E-state index < -0.39 is 0 Å². The number of amides is 2. The van der Waals surface area contributed by atoms with Gasteiger partial charge in [-0.25, -0.2) is 0 Å². The molecule has 0 bridgehead atoms. The zero-order valence-corrected chi connectivity index (χ0v) is 16.6. The van der Waals surface area contributed by atoms with E-state index >= 15 is 0 Å². The fraction of sp³-hybridized carbons (Fsp3) is 0.450. The number of nitrogens with zero attached hydrogens (tertiary/aromatic N) is 2. The van der Waals surface area contributed by atoms with Gasteiger partial charge in [0.1, 0.15) is 5.76 Å². The third-order valence-corrected chi connectivity index (χ3v) is 5.69. The van der Waals surface area contributed by atoms with E-state index in [1.807, 2.05) is 30.9 Å². The minimum Gasteiger partial charge on any atom is -0.361 e. The lowest BCUT2D eigenvalue weighted by Crippen LogP contribution is -2.36. The first-order valence-corrected chi connectivity index (χ1v) is 10.4. The molecule has 27 heavy (non-hydrogen) atoms. The second-order valence-corrected chi connectivity index (χ2v) is 7.73. The van der Waals surface area contributed by atoms with Crippen molar-refractivity contribution in [3.8, 4) is 0 Å². The highest BCUT2D eigenvalue weighted by Crippen LogP contribution is 2.22. The maximum Gasteiger partial charge on any atom is 0.255 e. The van der Waals surface area contributed by atoms with Crippen molar-refractivity contribution in [2.24, 2.45) is 0 Å². The zero-order chi connectivity index (χ0) is 19.2. The third-order valence-electron chi connectivity index (χ3n) is 4.74. The molecule has 1 N–H and O–H groups in total. The van der Waals surface area contributed by atoms with Crippen LogP contribution in [0, 0.1) is 13.8 Å². The van der Waals surface area contributed by atoms with Gasteiger partial charge in [0.2, 0.25) is 5.91 Å². The molecule has 2 amide bonds. The second-order valence-electron chi connectivity index (χ2n) is 6.74. The number of aromatic nitrogens is 1. The summed E-state index contributed by atoms with van der Waals surface area (Å²) < 4.78 is 5.14. The predicted octanol–water partition coefficient (Wildman–Crippen LogP) is 3.79. The van der Waals surface area contributed by atoms with E-state index in [-0.39, 0.29) is 11.8 Å². The summed E-state index contributed by atoms with van der Waals surface area (Å²) in [6.45, 7) is 5.34. The van der Waals surface area contributed by atoms with Crippen LogP contribution in [0.4, 0.5) is 5.69 Å². The monoisotopic (exact) mass is 387 g/mol. The number of para-hydroxylation sites is 1. The molecule has 144 valence electrons. The molecule has 1 saturated heterocycles. The van der Waals surface area contributed by atoms with E-state index in [2.05, 4.69) is 10.5 Å². The van der Waals surface area contributed by atoms with Gasteiger partial charge in [0.15, 0.2) is 0 Å². The molecule has 2 heterocycles. The van der Waals surface area contributed by atoms with Crippen LogP contribution in [-0.4, -0.2) is 40.7 Å². The number of hydrogen-bond acceptors (Lipinski definition) is 5. The van der Waals surface area contributed by atoms with Crippen molar-refractivity contribution in [3.63, 3.8) is 0 Å². The first kappa shape index (κ1) is 19.5. The summed E-state index contributed by atoms with van der Waals surface area (Å²) in [5.41, 5.74) is 3.03. The maximum absolute atomic E-state index is 12.8. The molecule has 0 unspecified atom stereocenters. The number of piperidine rings is 1. The van der Waals surface area contributed by atoms with Crippen LogP contribution in [0.15, 0.2) is 28.8 Å². The molecule has 1 aliphatic heterocycles. The van der Waals surface area contributed by atoms with E-state index in [1.54, 1.807) is 12.1 Å². The summed E-state index contributed by atoms with van der Waals surface area (Å²) >= 11 is 1.50. The van der Waals surface area contributed by atoms with Crippen molar-refractivity contribution in [1.29, 1.82) is 0 Å². The summed E-state index contributed by atoms with van der Waals surface area (Å²) in [6.07, 6.45) is 3.25. The van der Waals surface area contributed by atoms with Gasteiger partial charge in [0, 0.05) is 24.4 Å². The van der Waals surface area contributed by atoms with Crippen LogP contribution in [-0.2, 0) is 10.5 Å². The van der Waals surface area contributed by atoms with Crippen LogP contribution in [0.25, 0.3) is 0 Å². The van der Waals surface area contributed by atoms with Gasteiger partial charge in [0.25, 0.3) is 5.91 Å². The molecule has 0 saturated carbocycles. The average Bonchev–Trinajstić information content (AvgIpc) is 3.00. The Balaban J connectivity index is 1.58. The number of thioether (sulfide) groups is 1. The lowest BCUT2D eigenvalue weighted by molar-refractivity contribution is -0.113. The minimum atomic E-state index is -0.120. The Bertz CT molecular complexity index is 793. The normalized spacial score (nSPS) is 14.2. The number of aryl methyl sites for hydroxylation is 2. The van der Waals surface area contributed by atoms with Gasteiger partial charge < -0.3 is 14.7 Å². The zero-order valence-electron chi connectivity index (χ0n) is 15.8. The van der Waals surface area contributed by atoms with Crippen molar-refractivity contribution in [3.05, 3.63) is 46.8 Å². The van der Waals surface area contributed by atoms with E-state index in [4.69, 9.17) is 4.52 Å². The first-order valence-electron chi connectivity index (χ1n) is 9.24. The van der Waals surface area contributed by atoms with E-state index in [0.29, 0.717) is 22.8 Å². The number of rotatable bonds is 6. The number of nitrogens with one attached hydrogen (secondary N) is 1. The average molecular weight is 388 g/mol. The molecular formula is C20H25N3O3S. The summed E-state index contributed by atoms with van der Waals surface area (Å²) in [5, 5.41) is 6.82. The van der Waals surface area contributed by atoms with Gasteiger partial charge in [-0.05, 0) is 45.2 Å². The quantitative estimate of drug-likeness (QED) is 0.816.